The van der Waals surface area contributed by atoms with E-state index in [4.69, 9.17) is 4.74 Å². The van der Waals surface area contributed by atoms with E-state index in [0.29, 0.717) is 23.4 Å². The lowest BCUT2D eigenvalue weighted by Crippen LogP contribution is -2.54. The second-order valence-electron chi connectivity index (χ2n) is 7.66. The Morgan fingerprint density at radius 3 is 2.00 bits per heavy atom. The van der Waals surface area contributed by atoms with Gasteiger partial charge in [0.25, 0.3) is 0 Å². The highest BCUT2D eigenvalue weighted by molar-refractivity contribution is 6.11. The quantitative estimate of drug-likeness (QED) is 0.824. The molecule has 0 aromatic heterocycles. The third-order valence-electron chi connectivity index (χ3n) is 5.80. The average Bonchev–Trinajstić information content (AvgIpc) is 2.45. The number of amides is 2. The Balaban J connectivity index is 1.56. The predicted octanol–water partition coefficient (Wildman–Crippen LogP) is 4.14. The first-order chi connectivity index (χ1) is 11.0. The molecular formula is C19H23NO3. The minimum Gasteiger partial charge on any atom is -0.442 e. The van der Waals surface area contributed by atoms with Crippen molar-refractivity contribution in [2.24, 2.45) is 17.8 Å². The van der Waals surface area contributed by atoms with Gasteiger partial charge < -0.3 is 4.74 Å². The van der Waals surface area contributed by atoms with E-state index in [0.717, 1.165) is 19.3 Å². The molecule has 122 valence electrons. The Labute approximate surface area is 136 Å². The van der Waals surface area contributed by atoms with E-state index >= 15 is 0 Å². The van der Waals surface area contributed by atoms with Crippen LogP contribution in [0.2, 0.25) is 0 Å². The highest BCUT2D eigenvalue weighted by Crippen LogP contribution is 2.57. The maximum atomic E-state index is 12.8. The van der Waals surface area contributed by atoms with Crippen molar-refractivity contribution in [3.8, 4) is 0 Å². The van der Waals surface area contributed by atoms with Crippen LogP contribution in [0.5, 0.6) is 0 Å². The molecule has 1 aromatic rings. The fourth-order valence-corrected chi connectivity index (χ4v) is 5.38. The first-order valence-electron chi connectivity index (χ1n) is 8.63. The number of imide groups is 1. The summed E-state index contributed by atoms with van der Waals surface area (Å²) in [5.74, 6) is 1.82. The number of carbonyl (C=O) groups excluding carboxylic acids is 2. The summed E-state index contributed by atoms with van der Waals surface area (Å²) in [6.45, 7) is 1.41. The average molecular weight is 313 g/mol. The maximum Gasteiger partial charge on any atom is 0.421 e. The molecule has 4 saturated carbocycles. The largest absolute Gasteiger partial charge is 0.442 e. The predicted molar refractivity (Wildman–Crippen MR) is 87.0 cm³/mol. The monoisotopic (exact) mass is 313 g/mol. The number of ether oxygens (including phenoxy) is 1. The van der Waals surface area contributed by atoms with Crippen molar-refractivity contribution in [3.05, 3.63) is 30.3 Å². The molecule has 4 bridgehead atoms. The molecule has 0 N–H and O–H groups in total. The third kappa shape index (κ3) is 2.64. The lowest BCUT2D eigenvalue weighted by molar-refractivity contribution is -0.128. The number of rotatable bonds is 2. The minimum absolute atomic E-state index is 0.300. The molecule has 0 unspecified atom stereocenters. The fourth-order valence-electron chi connectivity index (χ4n) is 5.38. The van der Waals surface area contributed by atoms with Crippen LogP contribution in [0.25, 0.3) is 0 Å². The molecule has 4 heteroatoms. The highest BCUT2D eigenvalue weighted by atomic mass is 16.6. The van der Waals surface area contributed by atoms with Crippen LogP contribution in [0, 0.1) is 17.8 Å². The summed E-state index contributed by atoms with van der Waals surface area (Å²) in [6.07, 6.45) is 6.32. The number of para-hydroxylation sites is 1. The van der Waals surface area contributed by atoms with Gasteiger partial charge in [-0.25, -0.2) is 9.69 Å². The van der Waals surface area contributed by atoms with Crippen LogP contribution in [-0.4, -0.2) is 17.6 Å². The van der Waals surface area contributed by atoms with Crippen molar-refractivity contribution in [3.63, 3.8) is 0 Å². The van der Waals surface area contributed by atoms with Crippen LogP contribution in [-0.2, 0) is 9.53 Å². The summed E-state index contributed by atoms with van der Waals surface area (Å²) >= 11 is 0. The summed E-state index contributed by atoms with van der Waals surface area (Å²) in [5, 5.41) is 0. The maximum absolute atomic E-state index is 12.8. The van der Waals surface area contributed by atoms with E-state index in [1.807, 2.05) is 18.2 Å². The number of carbonyl (C=O) groups is 2. The smallest absolute Gasteiger partial charge is 0.421 e. The molecule has 0 aliphatic heterocycles. The first-order valence-corrected chi connectivity index (χ1v) is 8.63. The molecule has 0 radical (unpaired) electrons. The Morgan fingerprint density at radius 2 is 1.52 bits per heavy atom. The van der Waals surface area contributed by atoms with Crippen molar-refractivity contribution in [1.82, 2.24) is 0 Å². The Bertz CT molecular complexity index is 589. The van der Waals surface area contributed by atoms with Gasteiger partial charge in [-0.05, 0) is 68.4 Å². The lowest BCUT2D eigenvalue weighted by atomic mass is 9.54. The van der Waals surface area contributed by atoms with Gasteiger partial charge in [-0.15, -0.1) is 0 Å². The molecule has 1 aromatic carbocycles. The van der Waals surface area contributed by atoms with E-state index in [2.05, 4.69) is 0 Å². The first kappa shape index (κ1) is 14.7. The van der Waals surface area contributed by atoms with E-state index in [1.54, 1.807) is 12.1 Å². The molecule has 0 spiro atoms. The van der Waals surface area contributed by atoms with Crippen LogP contribution in [0.1, 0.15) is 45.4 Å². The molecule has 0 heterocycles. The molecule has 2 amide bonds. The summed E-state index contributed by atoms with van der Waals surface area (Å²) in [6, 6.07) is 9.05. The number of nitrogens with zero attached hydrogens (tertiary/aromatic N) is 1. The van der Waals surface area contributed by atoms with Crippen molar-refractivity contribution in [2.45, 2.75) is 51.0 Å². The molecule has 4 aliphatic rings. The van der Waals surface area contributed by atoms with Crippen molar-refractivity contribution >= 4 is 17.7 Å². The van der Waals surface area contributed by atoms with E-state index in [9.17, 15) is 9.59 Å². The normalized spacial score (nSPS) is 34.2. The summed E-state index contributed by atoms with van der Waals surface area (Å²) in [7, 11) is 0. The molecule has 0 saturated heterocycles. The number of hydrogen-bond acceptors (Lipinski definition) is 3. The van der Waals surface area contributed by atoms with E-state index < -0.39 is 6.09 Å². The van der Waals surface area contributed by atoms with Gasteiger partial charge in [0, 0.05) is 6.92 Å². The Hall–Kier alpha value is -1.84. The molecule has 4 nitrogen and oxygen atoms in total. The van der Waals surface area contributed by atoms with Crippen LogP contribution < -0.4 is 4.90 Å². The fraction of sp³-hybridized carbons (Fsp3) is 0.579. The van der Waals surface area contributed by atoms with Gasteiger partial charge in [-0.1, -0.05) is 18.2 Å². The number of hydrogen-bond donors (Lipinski definition) is 0. The standard InChI is InChI=1S/C19H23NO3/c1-13(21)20(17-5-3-2-4-6-17)18(22)23-19-10-14-7-15(11-19)9-16(8-14)12-19/h2-6,14-16H,7-12H2,1H3. The molecular weight excluding hydrogens is 290 g/mol. The third-order valence-corrected chi connectivity index (χ3v) is 5.80. The van der Waals surface area contributed by atoms with Gasteiger partial charge in [0.1, 0.15) is 5.60 Å². The molecule has 0 atom stereocenters. The highest BCUT2D eigenvalue weighted by Gasteiger charge is 2.53. The molecule has 4 fully saturated rings. The van der Waals surface area contributed by atoms with Crippen LogP contribution in [0.3, 0.4) is 0 Å². The van der Waals surface area contributed by atoms with Crippen LogP contribution >= 0.6 is 0 Å². The summed E-state index contributed by atoms with van der Waals surface area (Å²) in [5.41, 5.74) is 0.253. The second-order valence-corrected chi connectivity index (χ2v) is 7.66. The van der Waals surface area contributed by atoms with Crippen molar-refractivity contribution in [1.29, 1.82) is 0 Å². The zero-order valence-electron chi connectivity index (χ0n) is 13.5. The molecule has 5 rings (SSSR count). The Kier molecular flexibility index (Phi) is 3.43. The lowest BCUT2D eigenvalue weighted by Gasteiger charge is -2.55. The van der Waals surface area contributed by atoms with Gasteiger partial charge in [0.2, 0.25) is 5.91 Å². The van der Waals surface area contributed by atoms with Gasteiger partial charge in [-0.3, -0.25) is 4.79 Å². The van der Waals surface area contributed by atoms with Gasteiger partial charge in [-0.2, -0.15) is 0 Å². The second kappa shape index (κ2) is 5.36. The van der Waals surface area contributed by atoms with Crippen LogP contribution in [0.15, 0.2) is 30.3 Å². The van der Waals surface area contributed by atoms with Crippen molar-refractivity contribution < 1.29 is 14.3 Å². The zero-order chi connectivity index (χ0) is 16.0. The molecule has 4 aliphatic carbocycles. The molecule has 23 heavy (non-hydrogen) atoms. The zero-order valence-corrected chi connectivity index (χ0v) is 13.5. The number of anilines is 1. The van der Waals surface area contributed by atoms with Crippen LogP contribution in [0.4, 0.5) is 10.5 Å². The summed E-state index contributed by atoms with van der Waals surface area (Å²) < 4.78 is 5.99. The minimum atomic E-state index is -0.509. The summed E-state index contributed by atoms with van der Waals surface area (Å²) in [4.78, 5) is 25.9. The van der Waals surface area contributed by atoms with E-state index in [1.165, 1.54) is 31.1 Å². The van der Waals surface area contributed by atoms with E-state index in [-0.39, 0.29) is 11.5 Å². The topological polar surface area (TPSA) is 46.6 Å². The Morgan fingerprint density at radius 1 is 1.00 bits per heavy atom. The number of benzene rings is 1. The van der Waals surface area contributed by atoms with Crippen molar-refractivity contribution in [2.75, 3.05) is 4.90 Å². The van der Waals surface area contributed by atoms with Gasteiger partial charge in [0.15, 0.2) is 0 Å². The SMILES string of the molecule is CC(=O)N(C(=O)OC12CC3CC(CC(C3)C1)C2)c1ccccc1. The van der Waals surface area contributed by atoms with Gasteiger partial charge >= 0.3 is 6.09 Å². The van der Waals surface area contributed by atoms with Gasteiger partial charge in [0.05, 0.1) is 5.69 Å².